The zero-order chi connectivity index (χ0) is 21.6. The molecule has 2 N–H and O–H groups in total. The number of nitrogens with two attached hydrogens (primary N) is 1. The summed E-state index contributed by atoms with van der Waals surface area (Å²) in [6.45, 7) is 0. The Balaban J connectivity index is 1.36. The van der Waals surface area contributed by atoms with Crippen molar-refractivity contribution in [3.05, 3.63) is 104 Å². The fourth-order valence-electron chi connectivity index (χ4n) is 2.73. The molecule has 0 fully saturated rings. The van der Waals surface area contributed by atoms with Gasteiger partial charge in [-0.1, -0.05) is 36.0 Å². The number of rotatable bonds is 7. The molecule has 4 rings (SSSR count). The van der Waals surface area contributed by atoms with Gasteiger partial charge in [-0.05, 0) is 71.8 Å². The molecule has 0 spiro atoms. The first kappa shape index (κ1) is 21.1. The third kappa shape index (κ3) is 5.95. The highest BCUT2D eigenvalue weighted by atomic mass is 32.2. The van der Waals surface area contributed by atoms with E-state index in [0.717, 1.165) is 21.7 Å². The molecule has 0 unspecified atom stereocenters. The van der Waals surface area contributed by atoms with E-state index >= 15 is 0 Å². The maximum Gasteiger partial charge on any atom is 0.269 e. The van der Waals surface area contributed by atoms with Gasteiger partial charge < -0.3 is 5.73 Å². The maximum atomic E-state index is 10.7. The average Bonchev–Trinajstić information content (AvgIpc) is 3.42. The van der Waals surface area contributed by atoms with Crippen molar-refractivity contribution in [2.45, 2.75) is 8.42 Å². The van der Waals surface area contributed by atoms with Gasteiger partial charge in [0, 0.05) is 27.6 Å². The Kier molecular flexibility index (Phi) is 6.66. The zero-order valence-electron chi connectivity index (χ0n) is 16.3. The van der Waals surface area contributed by atoms with E-state index < -0.39 is 0 Å². The van der Waals surface area contributed by atoms with Gasteiger partial charge >= 0.3 is 0 Å². The number of non-ortho nitro benzene ring substituents is 1. The van der Waals surface area contributed by atoms with Gasteiger partial charge in [0.15, 0.2) is 0 Å². The summed E-state index contributed by atoms with van der Waals surface area (Å²) in [5.74, 6) is 0. The van der Waals surface area contributed by atoms with Crippen molar-refractivity contribution in [1.82, 2.24) is 0 Å². The molecule has 0 saturated carbocycles. The summed E-state index contributed by atoms with van der Waals surface area (Å²) >= 11 is 5.24. The number of hydrogen-bond acceptors (Lipinski definition) is 6. The van der Waals surface area contributed by atoms with Crippen LogP contribution in [0, 0.1) is 10.1 Å². The van der Waals surface area contributed by atoms with Crippen molar-refractivity contribution in [3.63, 3.8) is 0 Å². The molecular formula is C24H18N2O2S3. The molecule has 0 radical (unpaired) electrons. The van der Waals surface area contributed by atoms with Crippen LogP contribution < -0.4 is 5.73 Å². The van der Waals surface area contributed by atoms with E-state index in [9.17, 15) is 10.1 Å². The van der Waals surface area contributed by atoms with Crippen LogP contribution in [0.2, 0.25) is 0 Å². The highest BCUT2D eigenvalue weighted by Gasteiger charge is 2.05. The molecule has 4 nitrogen and oxygen atoms in total. The second-order valence-electron chi connectivity index (χ2n) is 6.60. The van der Waals surface area contributed by atoms with Crippen LogP contribution in [-0.4, -0.2) is 4.92 Å². The lowest BCUT2D eigenvalue weighted by atomic mass is 10.2. The van der Waals surface area contributed by atoms with Gasteiger partial charge in [-0.25, -0.2) is 0 Å². The van der Waals surface area contributed by atoms with Gasteiger partial charge in [-0.15, -0.1) is 22.7 Å². The molecule has 0 amide bonds. The summed E-state index contributed by atoms with van der Waals surface area (Å²) in [7, 11) is 0. The Labute approximate surface area is 192 Å². The van der Waals surface area contributed by atoms with E-state index in [1.54, 1.807) is 46.6 Å². The molecule has 4 aromatic rings. The van der Waals surface area contributed by atoms with Gasteiger partial charge in [0.05, 0.1) is 13.3 Å². The number of hydrogen-bond donors (Lipinski definition) is 1. The van der Waals surface area contributed by atoms with Crippen LogP contribution in [0.25, 0.3) is 24.3 Å². The molecule has 7 heteroatoms. The SMILES string of the molecule is Nc1ccc(/C=C/c2ccc(Sc3ccc(/C=C/c4ccc([N+](=O)[O-])cc4)s3)s2)cc1. The third-order valence-electron chi connectivity index (χ3n) is 4.33. The van der Waals surface area contributed by atoms with Gasteiger partial charge in [0.2, 0.25) is 0 Å². The third-order valence-corrected chi connectivity index (χ3v) is 7.69. The second-order valence-corrected chi connectivity index (χ2v) is 10.4. The first-order chi connectivity index (χ1) is 15.0. The predicted molar refractivity (Wildman–Crippen MR) is 135 cm³/mol. The fraction of sp³-hybridized carbons (Fsp3) is 0. The minimum absolute atomic E-state index is 0.102. The van der Waals surface area contributed by atoms with E-state index in [1.807, 2.05) is 36.4 Å². The van der Waals surface area contributed by atoms with Crippen LogP contribution in [0.4, 0.5) is 11.4 Å². The minimum Gasteiger partial charge on any atom is -0.399 e. The molecule has 2 aromatic heterocycles. The zero-order valence-corrected chi connectivity index (χ0v) is 18.8. The van der Waals surface area contributed by atoms with Crippen molar-refractivity contribution in [2.24, 2.45) is 0 Å². The molecule has 0 aliphatic heterocycles. The molecule has 0 saturated heterocycles. The summed E-state index contributed by atoms with van der Waals surface area (Å²) in [4.78, 5) is 12.7. The highest BCUT2D eigenvalue weighted by Crippen LogP contribution is 2.38. The quantitative estimate of drug-likeness (QED) is 0.173. The van der Waals surface area contributed by atoms with Crippen LogP contribution in [0.15, 0.2) is 81.2 Å². The Hall–Kier alpha value is -3.13. The summed E-state index contributed by atoms with van der Waals surface area (Å²) in [5, 5.41) is 10.7. The molecule has 154 valence electrons. The number of thiophene rings is 2. The number of nitro benzene ring substituents is 1. The van der Waals surface area contributed by atoms with Crippen molar-refractivity contribution in [3.8, 4) is 0 Å². The van der Waals surface area contributed by atoms with Crippen LogP contribution in [0.3, 0.4) is 0 Å². The smallest absolute Gasteiger partial charge is 0.269 e. The predicted octanol–water partition coefficient (Wildman–Crippen LogP) is 7.79. The molecule has 0 bridgehead atoms. The van der Waals surface area contributed by atoms with Crippen molar-refractivity contribution < 1.29 is 4.92 Å². The van der Waals surface area contributed by atoms with Gasteiger partial charge in [-0.2, -0.15) is 0 Å². The van der Waals surface area contributed by atoms with Crippen molar-refractivity contribution >= 4 is 70.1 Å². The second kappa shape index (κ2) is 9.78. The van der Waals surface area contributed by atoms with E-state index in [0.29, 0.717) is 0 Å². The number of anilines is 1. The molecular weight excluding hydrogens is 444 g/mol. The topological polar surface area (TPSA) is 69.2 Å². The van der Waals surface area contributed by atoms with E-state index in [1.165, 1.54) is 25.4 Å². The lowest BCUT2D eigenvalue weighted by Gasteiger charge is -1.94. The van der Waals surface area contributed by atoms with Crippen LogP contribution in [0.1, 0.15) is 20.9 Å². The monoisotopic (exact) mass is 462 g/mol. The van der Waals surface area contributed by atoms with Crippen LogP contribution in [-0.2, 0) is 0 Å². The van der Waals surface area contributed by atoms with E-state index in [4.69, 9.17) is 5.73 Å². The molecule has 0 aliphatic rings. The summed E-state index contributed by atoms with van der Waals surface area (Å²) in [5.41, 5.74) is 8.66. The van der Waals surface area contributed by atoms with Crippen LogP contribution >= 0.6 is 34.4 Å². The Bertz CT molecular complexity index is 1240. The lowest BCUT2D eigenvalue weighted by Crippen LogP contribution is -1.86. The number of nitro groups is 1. The first-order valence-corrected chi connectivity index (χ1v) is 11.8. The number of nitrogens with zero attached hydrogens (tertiary/aromatic N) is 1. The fourth-order valence-corrected chi connectivity index (χ4v) is 6.09. The number of benzene rings is 2. The summed E-state index contributed by atoms with van der Waals surface area (Å²) in [6.07, 6.45) is 8.21. The largest absolute Gasteiger partial charge is 0.399 e. The van der Waals surface area contributed by atoms with Gasteiger partial charge in [0.1, 0.15) is 0 Å². The first-order valence-electron chi connectivity index (χ1n) is 9.39. The summed E-state index contributed by atoms with van der Waals surface area (Å²) in [6, 6.07) is 22.8. The normalized spacial score (nSPS) is 11.5. The lowest BCUT2D eigenvalue weighted by molar-refractivity contribution is -0.384. The highest BCUT2D eigenvalue weighted by molar-refractivity contribution is 8.02. The Morgan fingerprint density at radius 2 is 1.19 bits per heavy atom. The Morgan fingerprint density at radius 3 is 1.68 bits per heavy atom. The van der Waals surface area contributed by atoms with Crippen molar-refractivity contribution in [1.29, 1.82) is 0 Å². The number of nitrogen functional groups attached to an aromatic ring is 1. The van der Waals surface area contributed by atoms with E-state index in [-0.39, 0.29) is 10.6 Å². The standard InChI is InChI=1S/C24H18N2O2S3/c25-19-7-1-17(2-8-19)5-11-21-13-15-23(29-21)31-24-16-14-22(30-24)12-6-18-3-9-20(10-4-18)26(27)28/h1-16H,25H2/b11-5+,12-6+. The summed E-state index contributed by atoms with van der Waals surface area (Å²) < 4.78 is 2.46. The van der Waals surface area contributed by atoms with Gasteiger partial charge in [-0.3, -0.25) is 10.1 Å². The molecule has 0 atom stereocenters. The average molecular weight is 463 g/mol. The van der Waals surface area contributed by atoms with Crippen molar-refractivity contribution in [2.75, 3.05) is 5.73 Å². The molecule has 0 aliphatic carbocycles. The Morgan fingerprint density at radius 1 is 0.710 bits per heavy atom. The minimum atomic E-state index is -0.389. The maximum absolute atomic E-state index is 10.7. The molecule has 2 heterocycles. The van der Waals surface area contributed by atoms with E-state index in [2.05, 4.69) is 36.4 Å². The molecule has 31 heavy (non-hydrogen) atoms. The molecule has 2 aromatic carbocycles. The van der Waals surface area contributed by atoms with Crippen LogP contribution in [0.5, 0.6) is 0 Å². The van der Waals surface area contributed by atoms with Gasteiger partial charge in [0.25, 0.3) is 5.69 Å².